The highest BCUT2D eigenvalue weighted by atomic mass is 16.3. The molecule has 0 fully saturated rings. The molecule has 0 bridgehead atoms. The van der Waals surface area contributed by atoms with E-state index in [1.54, 1.807) is 24.3 Å². The van der Waals surface area contributed by atoms with Crippen molar-refractivity contribution in [1.82, 2.24) is 0 Å². The summed E-state index contributed by atoms with van der Waals surface area (Å²) in [5.74, 6) is 0. The molecule has 0 saturated heterocycles. The van der Waals surface area contributed by atoms with Crippen molar-refractivity contribution in [2.24, 2.45) is 0 Å². The first-order valence-corrected chi connectivity index (χ1v) is 16.9. The second-order valence-corrected chi connectivity index (χ2v) is 12.8. The Kier molecular flexibility index (Phi) is 3.36. The molecule has 0 aliphatic carbocycles. The van der Waals surface area contributed by atoms with Crippen LogP contribution in [-0.2, 0) is 0 Å². The first-order chi connectivity index (χ1) is 35.1. The van der Waals surface area contributed by atoms with Crippen LogP contribution < -0.4 is 0 Å². The Hall–Kier alpha value is -7.16. The van der Waals surface area contributed by atoms with Crippen LogP contribution in [0.3, 0.4) is 0 Å². The van der Waals surface area contributed by atoms with E-state index in [9.17, 15) is 12.3 Å². The lowest BCUT2D eigenvalue weighted by atomic mass is 9.83. The zero-order valence-corrected chi connectivity index (χ0v) is 27.6. The molecule has 10 aromatic carbocycles. The summed E-state index contributed by atoms with van der Waals surface area (Å²) in [6.45, 7) is 0. The van der Waals surface area contributed by atoms with Gasteiger partial charge in [0.05, 0.1) is 27.4 Å². The first kappa shape index (κ1) is 16.2. The molecule has 0 N–H and O–H groups in total. The minimum Gasteiger partial charge on any atom is -0.456 e. The van der Waals surface area contributed by atoms with Crippen molar-refractivity contribution in [1.29, 1.82) is 0 Å². The van der Waals surface area contributed by atoms with E-state index in [0.717, 1.165) is 10.8 Å². The van der Waals surface area contributed by atoms with Gasteiger partial charge < -0.3 is 8.83 Å². The summed E-state index contributed by atoms with van der Waals surface area (Å²) in [5.41, 5.74) is -3.07. The van der Waals surface area contributed by atoms with E-state index in [-0.39, 0.29) is 43.8 Å². The molecule has 0 unspecified atom stereocenters. The molecule has 0 radical (unpaired) electrons. The van der Waals surface area contributed by atoms with Gasteiger partial charge >= 0.3 is 0 Å². The van der Waals surface area contributed by atoms with Gasteiger partial charge in [-0.2, -0.15) is 0 Å². The maximum absolute atomic E-state index is 10.1. The van der Waals surface area contributed by atoms with Crippen LogP contribution in [0.5, 0.6) is 0 Å². The van der Waals surface area contributed by atoms with E-state index < -0.39 is 170 Å². The summed E-state index contributed by atoms with van der Waals surface area (Å²) in [7, 11) is 0. The van der Waals surface area contributed by atoms with E-state index in [1.165, 1.54) is 6.07 Å². The van der Waals surface area contributed by atoms with Crippen LogP contribution in [-0.4, -0.2) is 0 Å². The van der Waals surface area contributed by atoms with Gasteiger partial charge in [-0.3, -0.25) is 0 Å². The Bertz CT molecular complexity index is 4580. The molecule has 54 heavy (non-hydrogen) atoms. The second kappa shape index (κ2) is 11.2. The van der Waals surface area contributed by atoms with Gasteiger partial charge in [-0.15, -0.1) is 0 Å². The minimum atomic E-state index is -0.857. The van der Waals surface area contributed by atoms with Gasteiger partial charge in [0.25, 0.3) is 0 Å². The molecule has 2 aromatic heterocycles. The van der Waals surface area contributed by atoms with Crippen LogP contribution in [0.15, 0.2) is 190 Å². The van der Waals surface area contributed by atoms with Crippen LogP contribution in [0.1, 0.15) is 27.4 Å². The van der Waals surface area contributed by atoms with Crippen LogP contribution >= 0.6 is 0 Å². The summed E-state index contributed by atoms with van der Waals surface area (Å²) in [5, 5.41) is -0.0594. The van der Waals surface area contributed by atoms with Crippen LogP contribution in [0.25, 0.3) is 120 Å². The van der Waals surface area contributed by atoms with Crippen LogP contribution in [0.2, 0.25) is 0 Å². The Balaban J connectivity index is 1.40. The topological polar surface area (TPSA) is 26.3 Å². The predicted octanol–water partition coefficient (Wildman–Crippen LogP) is 15.1. The van der Waals surface area contributed by atoms with E-state index in [0.29, 0.717) is 16.3 Å². The summed E-state index contributed by atoms with van der Waals surface area (Å²) < 4.78 is 197. The number of benzene rings is 10. The molecule has 0 aliphatic heterocycles. The normalized spacial score (nSPS) is 17.3. The van der Waals surface area contributed by atoms with Crippen molar-refractivity contribution in [3.8, 4) is 33.4 Å². The molecule has 12 rings (SSSR count). The fraction of sp³-hybridized carbons (Fsp3) is 0. The molecule has 2 heteroatoms. The van der Waals surface area contributed by atoms with Gasteiger partial charge in [0.1, 0.15) is 22.3 Å². The highest BCUT2D eigenvalue weighted by Gasteiger charge is 2.25. The number of hydrogen-bond donors (Lipinski definition) is 0. The molecule has 0 saturated carbocycles. The van der Waals surface area contributed by atoms with Crippen molar-refractivity contribution >= 4 is 87.0 Å². The third-order valence-corrected chi connectivity index (χ3v) is 10.0. The highest BCUT2D eigenvalue weighted by molar-refractivity contribution is 6.31. The Morgan fingerprint density at radius 1 is 0.370 bits per heavy atom. The standard InChI is InChI=1S/C52H30O2/c1-2-17-34-32(14-1)29-43(36-19-4-3-18-35(34)36)31-15-13-16-33(28-31)48-38-21-5-7-23-40(38)49(41-24-8-6-22-39(41)48)51-50-42-25-10-12-27-46(42)53-47(50)30-44-37-20-9-11-26-45(37)54-52(44)51/h1-30H/i5D,6D,7D,8D,9D,10D,11D,12D,13D,15D,16D,20D,21D,22D,23D,24D,25D,26D,27D,28D. The summed E-state index contributed by atoms with van der Waals surface area (Å²) in [6.07, 6.45) is 0. The lowest BCUT2D eigenvalue weighted by molar-refractivity contribution is 0.664. The molecule has 0 spiro atoms. The van der Waals surface area contributed by atoms with E-state index in [2.05, 4.69) is 0 Å². The Labute approximate surface area is 338 Å². The smallest absolute Gasteiger partial charge is 0.144 e. The number of para-hydroxylation sites is 2. The second-order valence-electron chi connectivity index (χ2n) is 12.8. The van der Waals surface area contributed by atoms with Crippen molar-refractivity contribution in [2.45, 2.75) is 0 Å². The minimum absolute atomic E-state index is 0.102. The highest BCUT2D eigenvalue weighted by Crippen LogP contribution is 2.51. The molecule has 12 aromatic rings. The number of rotatable bonds is 3. The van der Waals surface area contributed by atoms with E-state index in [1.807, 2.05) is 30.3 Å². The average Bonchev–Trinajstić information content (AvgIpc) is 4.01. The van der Waals surface area contributed by atoms with Crippen molar-refractivity contribution < 1.29 is 36.2 Å². The van der Waals surface area contributed by atoms with Gasteiger partial charge in [0, 0.05) is 32.7 Å². The lowest BCUT2D eigenvalue weighted by Gasteiger charge is -2.19. The van der Waals surface area contributed by atoms with E-state index in [4.69, 9.17) is 23.9 Å². The predicted molar refractivity (Wildman–Crippen MR) is 227 cm³/mol. The summed E-state index contributed by atoms with van der Waals surface area (Å²) >= 11 is 0. The van der Waals surface area contributed by atoms with Gasteiger partial charge in [-0.1, -0.05) is 151 Å². The molecule has 0 amide bonds. The fourth-order valence-electron chi connectivity index (χ4n) is 7.82. The molecule has 0 aliphatic rings. The average molecular weight is 707 g/mol. The third kappa shape index (κ3) is 4.11. The molecule has 2 heterocycles. The van der Waals surface area contributed by atoms with Crippen molar-refractivity contribution in [2.75, 3.05) is 0 Å². The Morgan fingerprint density at radius 2 is 0.944 bits per heavy atom. The Morgan fingerprint density at radius 3 is 1.69 bits per heavy atom. The lowest BCUT2D eigenvalue weighted by Crippen LogP contribution is -1.92. The molecular formula is C52H30O2. The van der Waals surface area contributed by atoms with Gasteiger partial charge in [-0.05, 0) is 95.6 Å². The van der Waals surface area contributed by atoms with Crippen molar-refractivity contribution in [3.63, 3.8) is 0 Å². The van der Waals surface area contributed by atoms with Gasteiger partial charge in [-0.25, -0.2) is 0 Å². The molecular weight excluding hydrogens is 657 g/mol. The quantitative estimate of drug-likeness (QED) is 0.135. The molecule has 2 nitrogen and oxygen atoms in total. The van der Waals surface area contributed by atoms with Gasteiger partial charge in [0.15, 0.2) is 0 Å². The zero-order valence-electron chi connectivity index (χ0n) is 47.6. The molecule has 0 atom stereocenters. The first-order valence-electron chi connectivity index (χ1n) is 26.9. The molecule has 250 valence electrons. The maximum Gasteiger partial charge on any atom is 0.144 e. The zero-order chi connectivity index (χ0) is 52.7. The summed E-state index contributed by atoms with van der Waals surface area (Å²) in [6, 6.07) is 2.99. The fourth-order valence-corrected chi connectivity index (χ4v) is 7.82. The number of hydrogen-bond acceptors (Lipinski definition) is 2. The van der Waals surface area contributed by atoms with Gasteiger partial charge in [0.2, 0.25) is 0 Å². The maximum atomic E-state index is 10.1. The SMILES string of the molecule is [2H]c1c([2H])c(-c2cc3ccccc3c3ccccc23)c([2H])c(-c2c3c([2H])c([2H])c([2H])c([2H])c3c(-c3c4oc5c([2H])c([2H])c([2H])c([2H])c5c4cc4oc5c([2H])c([2H])c([2H])c([2H])c5c34)c3c([2H])c([2H])c([2H])c([2H])c23)c1[2H]. The number of fused-ring (bicyclic) bond motifs is 11. The summed E-state index contributed by atoms with van der Waals surface area (Å²) in [4.78, 5) is 0. The number of furan rings is 2. The van der Waals surface area contributed by atoms with Crippen LogP contribution in [0.4, 0.5) is 0 Å². The monoisotopic (exact) mass is 706 g/mol. The van der Waals surface area contributed by atoms with E-state index >= 15 is 0 Å². The largest absolute Gasteiger partial charge is 0.456 e. The van der Waals surface area contributed by atoms with Crippen LogP contribution in [0, 0.1) is 0 Å². The van der Waals surface area contributed by atoms with Crippen molar-refractivity contribution in [3.05, 3.63) is 182 Å². The third-order valence-electron chi connectivity index (χ3n) is 10.0.